The van der Waals surface area contributed by atoms with E-state index in [9.17, 15) is 26.4 Å². The van der Waals surface area contributed by atoms with E-state index >= 15 is 0 Å². The Morgan fingerprint density at radius 1 is 1.24 bits per heavy atom. The summed E-state index contributed by atoms with van der Waals surface area (Å²) >= 11 is 0. The monoisotopic (exact) mass is 269 g/mol. The van der Waals surface area contributed by atoms with Crippen LogP contribution in [0.4, 0.5) is 18.9 Å². The van der Waals surface area contributed by atoms with E-state index in [2.05, 4.69) is 0 Å². The zero-order valence-corrected chi connectivity index (χ0v) is 8.89. The Balaban J connectivity index is 3.08. The van der Waals surface area contributed by atoms with Crippen LogP contribution in [-0.2, 0) is 14.8 Å². The summed E-state index contributed by atoms with van der Waals surface area (Å²) in [5.74, 6) is -7.22. The predicted molar refractivity (Wildman–Crippen MR) is 51.4 cm³/mol. The Morgan fingerprint density at radius 2 is 1.71 bits per heavy atom. The van der Waals surface area contributed by atoms with Crippen LogP contribution in [0.15, 0.2) is 12.1 Å². The minimum Gasteiger partial charge on any atom is -0.480 e. The molecule has 0 spiro atoms. The summed E-state index contributed by atoms with van der Waals surface area (Å²) in [4.78, 5) is 10.2. The zero-order chi connectivity index (χ0) is 13.2. The van der Waals surface area contributed by atoms with E-state index in [1.54, 1.807) is 0 Å². The Hall–Kier alpha value is -1.77. The molecule has 0 saturated heterocycles. The van der Waals surface area contributed by atoms with Crippen molar-refractivity contribution in [2.45, 2.75) is 0 Å². The lowest BCUT2D eigenvalue weighted by molar-refractivity contribution is -0.134. The maximum atomic E-state index is 13.0. The third-order valence-corrected chi connectivity index (χ3v) is 2.72. The van der Waals surface area contributed by atoms with E-state index in [1.165, 1.54) is 4.72 Å². The highest BCUT2D eigenvalue weighted by molar-refractivity contribution is 7.93. The molecule has 0 fully saturated rings. The van der Waals surface area contributed by atoms with Gasteiger partial charge in [-0.05, 0) is 0 Å². The first-order valence-electron chi connectivity index (χ1n) is 4.08. The molecule has 0 aliphatic heterocycles. The van der Waals surface area contributed by atoms with Gasteiger partial charge in [0.15, 0.2) is 17.4 Å². The van der Waals surface area contributed by atoms with Crippen LogP contribution in [0.25, 0.3) is 0 Å². The van der Waals surface area contributed by atoms with Crippen LogP contribution in [-0.4, -0.2) is 25.2 Å². The summed E-state index contributed by atoms with van der Waals surface area (Å²) in [7, 11) is -4.44. The Kier molecular flexibility index (Phi) is 3.61. The largest absolute Gasteiger partial charge is 0.480 e. The van der Waals surface area contributed by atoms with Crippen molar-refractivity contribution in [1.82, 2.24) is 0 Å². The van der Waals surface area contributed by atoms with Gasteiger partial charge in [0.25, 0.3) is 0 Å². The summed E-state index contributed by atoms with van der Waals surface area (Å²) in [5.41, 5.74) is -1.12. The highest BCUT2D eigenvalue weighted by atomic mass is 32.2. The Labute approximate surface area is 93.9 Å². The maximum absolute atomic E-state index is 13.0. The van der Waals surface area contributed by atoms with Crippen molar-refractivity contribution in [3.63, 3.8) is 0 Å². The normalized spacial score (nSPS) is 11.2. The number of aliphatic carboxylic acids is 1. The number of carbonyl (C=O) groups is 1. The van der Waals surface area contributed by atoms with Crippen molar-refractivity contribution in [2.75, 3.05) is 10.5 Å². The molecule has 0 radical (unpaired) electrons. The summed E-state index contributed by atoms with van der Waals surface area (Å²) in [6.07, 6.45) is 0. The number of rotatable bonds is 4. The number of hydrogen-bond acceptors (Lipinski definition) is 3. The molecule has 0 unspecified atom stereocenters. The molecule has 5 nitrogen and oxygen atoms in total. The summed E-state index contributed by atoms with van der Waals surface area (Å²) in [5, 5.41) is 8.24. The number of carboxylic acid groups (broad SMARTS) is 1. The minimum atomic E-state index is -4.44. The van der Waals surface area contributed by atoms with Gasteiger partial charge in [0.05, 0.1) is 0 Å². The summed E-state index contributed by atoms with van der Waals surface area (Å²) < 4.78 is 62.1. The molecule has 0 aromatic heterocycles. The average molecular weight is 269 g/mol. The second kappa shape index (κ2) is 4.62. The van der Waals surface area contributed by atoms with E-state index in [1.807, 2.05) is 0 Å². The van der Waals surface area contributed by atoms with Gasteiger partial charge in [0, 0.05) is 12.1 Å². The number of carboxylic acids is 1. The molecule has 1 rings (SSSR count). The van der Waals surface area contributed by atoms with Gasteiger partial charge in [-0.25, -0.2) is 21.6 Å². The lowest BCUT2D eigenvalue weighted by Crippen LogP contribution is -2.23. The smallest absolute Gasteiger partial charge is 0.320 e. The third kappa shape index (κ3) is 3.63. The number of sulfonamides is 1. The predicted octanol–water partition coefficient (Wildman–Crippen LogP) is 0.930. The van der Waals surface area contributed by atoms with E-state index in [0.717, 1.165) is 0 Å². The van der Waals surface area contributed by atoms with Crippen LogP contribution in [0.2, 0.25) is 0 Å². The SMILES string of the molecule is O=C(O)CS(=O)(=O)Nc1c(F)cc(F)cc1F. The van der Waals surface area contributed by atoms with Crippen LogP contribution < -0.4 is 4.72 Å². The van der Waals surface area contributed by atoms with Crippen molar-refractivity contribution >= 4 is 21.7 Å². The van der Waals surface area contributed by atoms with E-state index in [4.69, 9.17) is 5.11 Å². The summed E-state index contributed by atoms with van der Waals surface area (Å²) in [6, 6.07) is 0.531. The first-order chi connectivity index (χ1) is 7.71. The molecule has 0 aliphatic carbocycles. The van der Waals surface area contributed by atoms with Crippen molar-refractivity contribution in [1.29, 1.82) is 0 Å². The van der Waals surface area contributed by atoms with Gasteiger partial charge in [0.2, 0.25) is 10.0 Å². The second-order valence-electron chi connectivity index (χ2n) is 3.00. The van der Waals surface area contributed by atoms with Crippen molar-refractivity contribution in [3.05, 3.63) is 29.6 Å². The van der Waals surface area contributed by atoms with Crippen LogP contribution >= 0.6 is 0 Å². The molecule has 2 N–H and O–H groups in total. The van der Waals surface area contributed by atoms with Gasteiger partial charge in [-0.2, -0.15) is 0 Å². The van der Waals surface area contributed by atoms with Gasteiger partial charge >= 0.3 is 5.97 Å². The van der Waals surface area contributed by atoms with Gasteiger partial charge in [-0.3, -0.25) is 9.52 Å². The summed E-state index contributed by atoms with van der Waals surface area (Å²) in [6.45, 7) is 0. The molecular formula is C8H6F3NO4S. The van der Waals surface area contributed by atoms with Crippen LogP contribution in [0, 0.1) is 17.5 Å². The lowest BCUT2D eigenvalue weighted by atomic mass is 10.3. The average Bonchev–Trinajstić information content (AvgIpc) is 2.09. The molecule has 0 bridgehead atoms. The number of nitrogens with one attached hydrogen (secondary N) is 1. The van der Waals surface area contributed by atoms with Crippen LogP contribution in [0.5, 0.6) is 0 Å². The fourth-order valence-electron chi connectivity index (χ4n) is 0.994. The van der Waals surface area contributed by atoms with E-state index in [0.29, 0.717) is 0 Å². The Bertz CT molecular complexity index is 535. The molecule has 0 saturated carbocycles. The maximum Gasteiger partial charge on any atom is 0.320 e. The molecule has 0 aliphatic rings. The van der Waals surface area contributed by atoms with E-state index in [-0.39, 0.29) is 12.1 Å². The third-order valence-electron chi connectivity index (χ3n) is 1.58. The van der Waals surface area contributed by atoms with E-state index < -0.39 is 44.9 Å². The molecule has 9 heteroatoms. The van der Waals surface area contributed by atoms with Gasteiger partial charge in [-0.15, -0.1) is 0 Å². The van der Waals surface area contributed by atoms with Gasteiger partial charge in [0.1, 0.15) is 11.5 Å². The number of halogens is 3. The fourth-order valence-corrected chi connectivity index (χ4v) is 1.90. The molecule has 0 heterocycles. The number of benzene rings is 1. The highest BCUT2D eigenvalue weighted by Crippen LogP contribution is 2.21. The quantitative estimate of drug-likeness (QED) is 0.851. The van der Waals surface area contributed by atoms with Crippen LogP contribution in [0.3, 0.4) is 0 Å². The van der Waals surface area contributed by atoms with Crippen molar-refractivity contribution < 1.29 is 31.5 Å². The first-order valence-corrected chi connectivity index (χ1v) is 5.73. The van der Waals surface area contributed by atoms with Crippen molar-refractivity contribution in [3.8, 4) is 0 Å². The Morgan fingerprint density at radius 3 is 2.12 bits per heavy atom. The van der Waals surface area contributed by atoms with Crippen molar-refractivity contribution in [2.24, 2.45) is 0 Å². The molecule has 94 valence electrons. The molecule has 0 atom stereocenters. The highest BCUT2D eigenvalue weighted by Gasteiger charge is 2.20. The standard InChI is InChI=1S/C8H6F3NO4S/c9-4-1-5(10)8(6(11)2-4)12-17(15,16)3-7(13)14/h1-2,12H,3H2,(H,13,14). The lowest BCUT2D eigenvalue weighted by Gasteiger charge is -2.08. The van der Waals surface area contributed by atoms with Crippen LogP contribution in [0.1, 0.15) is 0 Å². The zero-order valence-electron chi connectivity index (χ0n) is 8.08. The molecule has 0 amide bonds. The molecular weight excluding hydrogens is 263 g/mol. The first kappa shape index (κ1) is 13.3. The minimum absolute atomic E-state index is 0.266. The molecule has 1 aromatic carbocycles. The molecule has 17 heavy (non-hydrogen) atoms. The molecule has 1 aromatic rings. The fraction of sp³-hybridized carbons (Fsp3) is 0.125. The topological polar surface area (TPSA) is 83.5 Å². The van der Waals surface area contributed by atoms with Gasteiger partial charge < -0.3 is 5.11 Å². The van der Waals surface area contributed by atoms with Gasteiger partial charge in [-0.1, -0.05) is 0 Å². The number of hydrogen-bond donors (Lipinski definition) is 2. The second-order valence-corrected chi connectivity index (χ2v) is 4.72. The number of anilines is 1.